The van der Waals surface area contributed by atoms with E-state index in [1.807, 2.05) is 19.2 Å². The predicted octanol–water partition coefficient (Wildman–Crippen LogP) is 8.59. The van der Waals surface area contributed by atoms with Gasteiger partial charge < -0.3 is 4.90 Å². The van der Waals surface area contributed by atoms with E-state index in [2.05, 4.69) is 55.8 Å². The number of halogens is 1. The molecule has 35 heavy (non-hydrogen) atoms. The lowest BCUT2D eigenvalue weighted by atomic mass is 9.73. The number of amides is 1. The summed E-state index contributed by atoms with van der Waals surface area (Å²) < 4.78 is 0. The van der Waals surface area contributed by atoms with Gasteiger partial charge in [0.25, 0.3) is 0 Å². The largest absolute Gasteiger partial charge is 0.308 e. The molecule has 1 aliphatic heterocycles. The normalized spacial score (nSPS) is 21.0. The van der Waals surface area contributed by atoms with Gasteiger partial charge in [-0.15, -0.1) is 0 Å². The van der Waals surface area contributed by atoms with E-state index in [0.29, 0.717) is 17.1 Å². The molecule has 188 valence electrons. The van der Waals surface area contributed by atoms with E-state index < -0.39 is 5.41 Å². The number of aromatic nitrogens is 1. The maximum Gasteiger partial charge on any atom is 0.237 e. The van der Waals surface area contributed by atoms with E-state index in [1.54, 1.807) is 0 Å². The van der Waals surface area contributed by atoms with Gasteiger partial charge in [0, 0.05) is 29.1 Å². The number of carbonyl (C=O) groups excluding carboxylic acids is 1. The van der Waals surface area contributed by atoms with Gasteiger partial charge in [0.05, 0.1) is 16.8 Å². The predicted molar refractivity (Wildman–Crippen MR) is 148 cm³/mol. The number of hydrogen-bond acceptors (Lipinski definition) is 3. The third-order valence-electron chi connectivity index (χ3n) is 7.92. The zero-order valence-corrected chi connectivity index (χ0v) is 22.8. The van der Waals surface area contributed by atoms with Gasteiger partial charge in [0.1, 0.15) is 5.15 Å². The number of pyridine rings is 1. The average Bonchev–Trinajstić information content (AvgIpc) is 3.04. The molecule has 0 atom stereocenters. The third-order valence-corrected chi connectivity index (χ3v) is 8.29. The maximum atomic E-state index is 14.2. The number of carbonyl (C=O) groups is 1. The lowest BCUT2D eigenvalue weighted by Gasteiger charge is -2.42. The SMILES string of the molecule is CCC=Nc1cc(-c2ccc3c(c2)N(C2CC(CCC)C2)C(=O)C3(CCC)CCC)nc(Cl)c1C. The van der Waals surface area contributed by atoms with Crippen LogP contribution in [-0.2, 0) is 10.2 Å². The van der Waals surface area contributed by atoms with Crippen molar-refractivity contribution in [1.82, 2.24) is 4.98 Å². The topological polar surface area (TPSA) is 45.6 Å². The monoisotopic (exact) mass is 493 g/mol. The highest BCUT2D eigenvalue weighted by atomic mass is 35.5. The number of fused-ring (bicyclic) bond motifs is 1. The summed E-state index contributed by atoms with van der Waals surface area (Å²) in [6.45, 7) is 10.7. The summed E-state index contributed by atoms with van der Waals surface area (Å²) in [6, 6.07) is 8.83. The summed E-state index contributed by atoms with van der Waals surface area (Å²) in [5.74, 6) is 1.06. The second kappa shape index (κ2) is 10.8. The molecule has 1 saturated carbocycles. The number of benzene rings is 1. The Morgan fingerprint density at radius 1 is 1.11 bits per heavy atom. The quantitative estimate of drug-likeness (QED) is 0.245. The molecule has 4 rings (SSSR count). The Kier molecular flexibility index (Phi) is 8.00. The molecule has 2 heterocycles. The summed E-state index contributed by atoms with van der Waals surface area (Å²) in [7, 11) is 0. The van der Waals surface area contributed by atoms with Crippen LogP contribution in [0.1, 0.15) is 96.6 Å². The Labute approximate surface area is 216 Å². The van der Waals surface area contributed by atoms with Crippen LogP contribution in [0.4, 0.5) is 11.4 Å². The third kappa shape index (κ3) is 4.67. The number of anilines is 1. The Hall–Kier alpha value is -2.20. The number of hydrogen-bond donors (Lipinski definition) is 0. The Balaban J connectivity index is 1.80. The molecule has 2 aliphatic rings. The van der Waals surface area contributed by atoms with Gasteiger partial charge in [-0.25, -0.2) is 4.98 Å². The van der Waals surface area contributed by atoms with Gasteiger partial charge >= 0.3 is 0 Å². The van der Waals surface area contributed by atoms with Crippen molar-refractivity contribution in [3.8, 4) is 11.3 Å². The van der Waals surface area contributed by atoms with Gasteiger partial charge in [-0.05, 0) is 62.6 Å². The van der Waals surface area contributed by atoms with Crippen LogP contribution in [0.15, 0.2) is 29.3 Å². The molecular weight excluding hydrogens is 454 g/mol. The van der Waals surface area contributed by atoms with Crippen LogP contribution in [0.3, 0.4) is 0 Å². The molecule has 0 N–H and O–H groups in total. The molecule has 0 saturated heterocycles. The highest BCUT2D eigenvalue weighted by Crippen LogP contribution is 2.52. The first-order valence-electron chi connectivity index (χ1n) is 13.6. The minimum absolute atomic E-state index is 0.308. The second-order valence-corrected chi connectivity index (χ2v) is 10.8. The van der Waals surface area contributed by atoms with E-state index in [4.69, 9.17) is 16.6 Å². The molecule has 1 aromatic heterocycles. The first-order chi connectivity index (χ1) is 16.9. The van der Waals surface area contributed by atoms with E-state index in [9.17, 15) is 4.79 Å². The fraction of sp³-hybridized carbons (Fsp3) is 0.567. The summed E-state index contributed by atoms with van der Waals surface area (Å²) >= 11 is 6.52. The highest BCUT2D eigenvalue weighted by Gasteiger charge is 2.53. The molecule has 5 heteroatoms. The van der Waals surface area contributed by atoms with Crippen LogP contribution in [0.2, 0.25) is 5.15 Å². The molecule has 0 unspecified atom stereocenters. The van der Waals surface area contributed by atoms with Crippen molar-refractivity contribution >= 4 is 35.1 Å². The first-order valence-corrected chi connectivity index (χ1v) is 14.0. The van der Waals surface area contributed by atoms with Crippen LogP contribution in [0.25, 0.3) is 11.3 Å². The minimum atomic E-state index is -0.401. The number of aliphatic imine (C=N–C) groups is 1. The van der Waals surface area contributed by atoms with Crippen LogP contribution in [-0.4, -0.2) is 23.1 Å². The molecular formula is C30H40ClN3O. The molecule has 2 aromatic rings. The first kappa shape index (κ1) is 25.9. The highest BCUT2D eigenvalue weighted by molar-refractivity contribution is 6.30. The van der Waals surface area contributed by atoms with Crippen molar-refractivity contribution in [3.05, 3.63) is 40.5 Å². The molecule has 0 bridgehead atoms. The smallest absolute Gasteiger partial charge is 0.237 e. The van der Waals surface area contributed by atoms with E-state index in [0.717, 1.165) is 79.1 Å². The Bertz CT molecular complexity index is 1100. The maximum absolute atomic E-state index is 14.2. The van der Waals surface area contributed by atoms with Gasteiger partial charge in [0.2, 0.25) is 5.91 Å². The molecule has 4 nitrogen and oxygen atoms in total. The molecule has 1 fully saturated rings. The standard InChI is InChI=1S/C30H40ClN3O/c1-6-10-21-16-23(17-21)34-27-18-22(26-19-25(32-15-9-4)20(5)28(31)33-26)11-12-24(27)30(13-7-2,14-8-3)29(34)35/h11-12,15,18-19,21,23H,6-10,13-14,16-17H2,1-5H3. The van der Waals surface area contributed by atoms with Crippen molar-refractivity contribution in [1.29, 1.82) is 0 Å². The second-order valence-electron chi connectivity index (χ2n) is 10.4. The van der Waals surface area contributed by atoms with Crippen molar-refractivity contribution < 1.29 is 4.79 Å². The molecule has 0 radical (unpaired) electrons. The van der Waals surface area contributed by atoms with Gasteiger partial charge in [0.15, 0.2) is 0 Å². The number of rotatable bonds is 10. The average molecular weight is 494 g/mol. The van der Waals surface area contributed by atoms with Crippen molar-refractivity contribution in [2.24, 2.45) is 10.9 Å². The lowest BCUT2D eigenvalue weighted by Crippen LogP contribution is -2.50. The summed E-state index contributed by atoms with van der Waals surface area (Å²) in [6.07, 6.45) is 11.3. The van der Waals surface area contributed by atoms with E-state index in [1.165, 1.54) is 18.4 Å². The van der Waals surface area contributed by atoms with Crippen molar-refractivity contribution in [2.45, 2.75) is 104 Å². The zero-order valence-electron chi connectivity index (χ0n) is 22.0. The fourth-order valence-corrected chi connectivity index (χ4v) is 6.35. The summed E-state index contributed by atoms with van der Waals surface area (Å²) in [4.78, 5) is 25.6. The van der Waals surface area contributed by atoms with Crippen LogP contribution in [0, 0.1) is 12.8 Å². The Morgan fingerprint density at radius 3 is 2.46 bits per heavy atom. The molecule has 1 aromatic carbocycles. The Morgan fingerprint density at radius 2 is 1.83 bits per heavy atom. The molecule has 0 spiro atoms. The van der Waals surface area contributed by atoms with Gasteiger partial charge in [-0.2, -0.15) is 0 Å². The summed E-state index contributed by atoms with van der Waals surface area (Å²) in [5.41, 5.74) is 5.43. The van der Waals surface area contributed by atoms with Gasteiger partial charge in [-0.1, -0.05) is 77.1 Å². The fourth-order valence-electron chi connectivity index (χ4n) is 6.17. The van der Waals surface area contributed by atoms with Crippen LogP contribution in [0.5, 0.6) is 0 Å². The number of nitrogens with zero attached hydrogens (tertiary/aromatic N) is 3. The van der Waals surface area contributed by atoms with Gasteiger partial charge in [-0.3, -0.25) is 9.79 Å². The van der Waals surface area contributed by atoms with Crippen LogP contribution >= 0.6 is 11.6 Å². The van der Waals surface area contributed by atoms with Crippen molar-refractivity contribution in [2.75, 3.05) is 4.90 Å². The van der Waals surface area contributed by atoms with Crippen molar-refractivity contribution in [3.63, 3.8) is 0 Å². The zero-order chi connectivity index (χ0) is 25.2. The lowest BCUT2D eigenvalue weighted by molar-refractivity contribution is -0.124. The summed E-state index contributed by atoms with van der Waals surface area (Å²) in [5, 5.41) is 0.479. The minimum Gasteiger partial charge on any atom is -0.308 e. The molecule has 1 aliphatic carbocycles. The molecule has 1 amide bonds. The van der Waals surface area contributed by atoms with Crippen LogP contribution < -0.4 is 4.90 Å². The van der Waals surface area contributed by atoms with E-state index in [-0.39, 0.29) is 0 Å². The van der Waals surface area contributed by atoms with E-state index >= 15 is 0 Å².